The average Bonchev–Trinajstić information content (AvgIpc) is 2.60. The van der Waals surface area contributed by atoms with Gasteiger partial charge in [-0.3, -0.25) is 14.9 Å². The van der Waals surface area contributed by atoms with Crippen molar-refractivity contribution in [1.82, 2.24) is 4.72 Å². The van der Waals surface area contributed by atoms with E-state index in [9.17, 15) is 23.3 Å². The molecule has 9 heteroatoms. The summed E-state index contributed by atoms with van der Waals surface area (Å²) in [5.41, 5.74) is 0.690. The van der Waals surface area contributed by atoms with Crippen molar-refractivity contribution >= 4 is 27.3 Å². The lowest BCUT2D eigenvalue weighted by atomic mass is 10.1. The van der Waals surface area contributed by atoms with Crippen LogP contribution in [-0.4, -0.2) is 25.8 Å². The minimum Gasteiger partial charge on any atom is -0.322 e. The molecule has 2 aromatic rings. The fourth-order valence-electron chi connectivity index (χ4n) is 2.30. The molecule has 1 amide bonds. The Bertz CT molecular complexity index is 924. The molecule has 0 aliphatic carbocycles. The Hall–Kier alpha value is -2.78. The van der Waals surface area contributed by atoms with Crippen molar-refractivity contribution in [3.8, 4) is 0 Å². The number of sulfonamides is 1. The van der Waals surface area contributed by atoms with Crippen LogP contribution in [-0.2, 0) is 10.0 Å². The summed E-state index contributed by atoms with van der Waals surface area (Å²) in [5.74, 6) is -0.508. The highest BCUT2D eigenvalue weighted by Crippen LogP contribution is 2.22. The molecule has 26 heavy (non-hydrogen) atoms. The zero-order valence-electron chi connectivity index (χ0n) is 14.4. The number of amides is 1. The number of nitrogens with one attached hydrogen (secondary N) is 2. The van der Waals surface area contributed by atoms with E-state index >= 15 is 0 Å². The van der Waals surface area contributed by atoms with Gasteiger partial charge in [0, 0.05) is 29.4 Å². The number of anilines is 1. The first-order valence-electron chi connectivity index (χ1n) is 7.91. The summed E-state index contributed by atoms with van der Waals surface area (Å²) >= 11 is 0. The van der Waals surface area contributed by atoms with E-state index < -0.39 is 20.9 Å². The number of carbonyl (C=O) groups excluding carboxylic acids is 1. The van der Waals surface area contributed by atoms with Crippen LogP contribution in [0.25, 0.3) is 0 Å². The number of rotatable bonds is 7. The highest BCUT2D eigenvalue weighted by atomic mass is 32.2. The Morgan fingerprint density at radius 1 is 1.15 bits per heavy atom. The summed E-state index contributed by atoms with van der Waals surface area (Å²) < 4.78 is 26.5. The van der Waals surface area contributed by atoms with Crippen molar-refractivity contribution in [2.24, 2.45) is 0 Å². The molecule has 2 aromatic carbocycles. The first-order valence-corrected chi connectivity index (χ1v) is 9.39. The van der Waals surface area contributed by atoms with E-state index in [1.54, 1.807) is 0 Å². The van der Waals surface area contributed by atoms with E-state index in [0.29, 0.717) is 18.7 Å². The van der Waals surface area contributed by atoms with E-state index in [4.69, 9.17) is 0 Å². The first-order chi connectivity index (χ1) is 12.3. The molecule has 0 heterocycles. The first kappa shape index (κ1) is 19.5. The third-order valence-corrected chi connectivity index (χ3v) is 5.19. The normalized spacial score (nSPS) is 11.2. The fourth-order valence-corrected chi connectivity index (χ4v) is 3.44. The van der Waals surface area contributed by atoms with E-state index in [0.717, 1.165) is 0 Å². The Balaban J connectivity index is 2.18. The summed E-state index contributed by atoms with van der Waals surface area (Å²) in [6.07, 6.45) is 0.677. The van der Waals surface area contributed by atoms with Gasteiger partial charge in [-0.15, -0.1) is 0 Å². The third-order valence-electron chi connectivity index (χ3n) is 3.71. The average molecular weight is 377 g/mol. The highest BCUT2D eigenvalue weighted by Gasteiger charge is 2.18. The SMILES string of the molecule is CCCNS(=O)(=O)c1ccc(NC(=O)c2cccc([N+](=O)[O-])c2C)cc1. The van der Waals surface area contributed by atoms with Crippen LogP contribution in [0, 0.1) is 17.0 Å². The van der Waals surface area contributed by atoms with E-state index in [1.165, 1.54) is 49.4 Å². The second-order valence-corrected chi connectivity index (χ2v) is 7.35. The number of hydrogen-bond acceptors (Lipinski definition) is 5. The molecule has 0 bridgehead atoms. The molecule has 0 atom stereocenters. The van der Waals surface area contributed by atoms with Crippen LogP contribution in [0.4, 0.5) is 11.4 Å². The van der Waals surface area contributed by atoms with Gasteiger partial charge in [-0.05, 0) is 43.7 Å². The number of benzene rings is 2. The summed E-state index contributed by atoms with van der Waals surface area (Å²) in [6.45, 7) is 3.70. The minimum absolute atomic E-state index is 0.0930. The fraction of sp³-hybridized carbons (Fsp3) is 0.235. The van der Waals surface area contributed by atoms with Gasteiger partial charge in [0.05, 0.1) is 9.82 Å². The van der Waals surface area contributed by atoms with Crippen LogP contribution >= 0.6 is 0 Å². The smallest absolute Gasteiger partial charge is 0.273 e. The lowest BCUT2D eigenvalue weighted by Crippen LogP contribution is -2.24. The van der Waals surface area contributed by atoms with Gasteiger partial charge in [0.2, 0.25) is 10.0 Å². The van der Waals surface area contributed by atoms with Crippen LogP contribution < -0.4 is 10.0 Å². The van der Waals surface area contributed by atoms with Gasteiger partial charge in [0.15, 0.2) is 0 Å². The largest absolute Gasteiger partial charge is 0.322 e. The van der Waals surface area contributed by atoms with Crippen molar-refractivity contribution in [2.45, 2.75) is 25.2 Å². The highest BCUT2D eigenvalue weighted by molar-refractivity contribution is 7.89. The van der Waals surface area contributed by atoms with Crippen molar-refractivity contribution in [1.29, 1.82) is 0 Å². The third kappa shape index (κ3) is 4.44. The van der Waals surface area contributed by atoms with E-state index in [2.05, 4.69) is 10.0 Å². The zero-order valence-corrected chi connectivity index (χ0v) is 15.2. The standard InChI is InChI=1S/C17H19N3O5S/c1-3-11-18-26(24,25)14-9-7-13(8-10-14)19-17(21)15-5-4-6-16(12(15)2)20(22)23/h4-10,18H,3,11H2,1-2H3,(H,19,21). The number of hydrogen-bond donors (Lipinski definition) is 2. The molecule has 0 aliphatic rings. The monoisotopic (exact) mass is 377 g/mol. The van der Waals surface area contributed by atoms with E-state index in [1.807, 2.05) is 6.92 Å². The van der Waals surface area contributed by atoms with Crippen molar-refractivity contribution in [3.05, 3.63) is 63.7 Å². The summed E-state index contributed by atoms with van der Waals surface area (Å²) in [5, 5.41) is 13.6. The molecule has 0 spiro atoms. The molecule has 0 saturated carbocycles. The molecule has 0 unspecified atom stereocenters. The second-order valence-electron chi connectivity index (χ2n) is 5.58. The molecule has 8 nitrogen and oxygen atoms in total. The van der Waals surface area contributed by atoms with Gasteiger partial charge in [-0.2, -0.15) is 0 Å². The van der Waals surface area contributed by atoms with Crippen LogP contribution in [0.1, 0.15) is 29.3 Å². The van der Waals surface area contributed by atoms with Crippen molar-refractivity contribution in [3.63, 3.8) is 0 Å². The second kappa shape index (κ2) is 8.07. The summed E-state index contributed by atoms with van der Waals surface area (Å²) in [6, 6.07) is 9.95. The molecule has 0 aliphatic heterocycles. The molecule has 138 valence electrons. The predicted molar refractivity (Wildman–Crippen MR) is 97.7 cm³/mol. The Morgan fingerprint density at radius 3 is 2.38 bits per heavy atom. The van der Waals surface area contributed by atoms with E-state index in [-0.39, 0.29) is 21.7 Å². The Kier molecular flexibility index (Phi) is 6.06. The molecule has 0 fully saturated rings. The Morgan fingerprint density at radius 2 is 1.81 bits per heavy atom. The van der Waals surface area contributed by atoms with Crippen molar-refractivity contribution < 1.29 is 18.1 Å². The van der Waals surface area contributed by atoms with Crippen LogP contribution in [0.3, 0.4) is 0 Å². The maximum absolute atomic E-state index is 12.4. The molecular formula is C17H19N3O5S. The predicted octanol–water partition coefficient (Wildman–Crippen LogP) is 2.84. The number of nitro benzene ring substituents is 1. The van der Waals surface area contributed by atoms with Crippen LogP contribution in [0.15, 0.2) is 47.4 Å². The maximum Gasteiger partial charge on any atom is 0.273 e. The zero-order chi connectivity index (χ0) is 19.3. The quantitative estimate of drug-likeness (QED) is 0.568. The van der Waals surface area contributed by atoms with Gasteiger partial charge in [0.1, 0.15) is 0 Å². The van der Waals surface area contributed by atoms with Gasteiger partial charge in [-0.25, -0.2) is 13.1 Å². The van der Waals surface area contributed by atoms with Gasteiger partial charge in [0.25, 0.3) is 11.6 Å². The van der Waals surface area contributed by atoms with Gasteiger partial charge >= 0.3 is 0 Å². The lowest BCUT2D eigenvalue weighted by molar-refractivity contribution is -0.385. The van der Waals surface area contributed by atoms with Crippen LogP contribution in [0.2, 0.25) is 0 Å². The molecule has 0 radical (unpaired) electrons. The Labute approximate surface area is 151 Å². The number of carbonyl (C=O) groups is 1. The lowest BCUT2D eigenvalue weighted by Gasteiger charge is -2.09. The van der Waals surface area contributed by atoms with Crippen molar-refractivity contribution in [2.75, 3.05) is 11.9 Å². The van der Waals surface area contributed by atoms with Crippen LogP contribution in [0.5, 0.6) is 0 Å². The maximum atomic E-state index is 12.4. The molecule has 0 aromatic heterocycles. The molecule has 2 N–H and O–H groups in total. The van der Waals surface area contributed by atoms with Gasteiger partial charge in [-0.1, -0.05) is 13.0 Å². The molecule has 0 saturated heterocycles. The number of nitro groups is 1. The topological polar surface area (TPSA) is 118 Å². The summed E-state index contributed by atoms with van der Waals surface area (Å²) in [7, 11) is -3.58. The minimum atomic E-state index is -3.58. The summed E-state index contributed by atoms with van der Waals surface area (Å²) in [4.78, 5) is 22.9. The number of nitrogens with zero attached hydrogens (tertiary/aromatic N) is 1. The molecular weight excluding hydrogens is 358 g/mol. The van der Waals surface area contributed by atoms with Gasteiger partial charge < -0.3 is 5.32 Å². The molecule has 2 rings (SSSR count).